The summed E-state index contributed by atoms with van der Waals surface area (Å²) in [6.07, 6.45) is -0.800. The van der Waals surface area contributed by atoms with Gasteiger partial charge in [0.05, 0.1) is 19.3 Å². The number of benzene rings is 1. The van der Waals surface area contributed by atoms with Crippen LogP contribution in [0.2, 0.25) is 0 Å². The molecule has 0 aliphatic carbocycles. The van der Waals surface area contributed by atoms with Crippen molar-refractivity contribution in [2.45, 2.75) is 26.0 Å². The molecule has 0 saturated heterocycles. The third kappa shape index (κ3) is 2.51. The van der Waals surface area contributed by atoms with E-state index in [1.54, 1.807) is 12.1 Å². The molecule has 0 heterocycles. The van der Waals surface area contributed by atoms with Gasteiger partial charge in [0.1, 0.15) is 11.6 Å². The van der Waals surface area contributed by atoms with Crippen molar-refractivity contribution in [2.24, 2.45) is 11.7 Å². The quantitative estimate of drug-likeness (QED) is 0.825. The standard InChI is InChI=1S/C12H18FNO2/c1-7(2)12(15)11(14)10-8(13)5-4-6-9(10)16-3/h4-7,11-12,15H,14H2,1-3H3/t11-,12+/m1/s1. The van der Waals surface area contributed by atoms with Crippen LogP contribution in [-0.4, -0.2) is 18.3 Å². The number of halogens is 1. The van der Waals surface area contributed by atoms with Crippen LogP contribution in [0.5, 0.6) is 5.75 Å². The van der Waals surface area contributed by atoms with E-state index >= 15 is 0 Å². The van der Waals surface area contributed by atoms with Gasteiger partial charge in [-0.25, -0.2) is 4.39 Å². The van der Waals surface area contributed by atoms with Crippen LogP contribution in [0.3, 0.4) is 0 Å². The normalized spacial score (nSPS) is 14.9. The van der Waals surface area contributed by atoms with E-state index in [1.165, 1.54) is 13.2 Å². The average Bonchev–Trinajstić information content (AvgIpc) is 2.26. The molecule has 3 nitrogen and oxygen atoms in total. The van der Waals surface area contributed by atoms with E-state index in [4.69, 9.17) is 10.5 Å². The zero-order valence-corrected chi connectivity index (χ0v) is 9.77. The summed E-state index contributed by atoms with van der Waals surface area (Å²) in [5.41, 5.74) is 6.07. The van der Waals surface area contributed by atoms with Gasteiger partial charge in [0.2, 0.25) is 0 Å². The van der Waals surface area contributed by atoms with Gasteiger partial charge in [-0.15, -0.1) is 0 Å². The molecule has 0 radical (unpaired) electrons. The predicted octanol–water partition coefficient (Wildman–Crippen LogP) is 1.85. The Morgan fingerprint density at radius 3 is 2.50 bits per heavy atom. The Kier molecular flexibility index (Phi) is 4.26. The molecule has 16 heavy (non-hydrogen) atoms. The van der Waals surface area contributed by atoms with Crippen LogP contribution in [0.1, 0.15) is 25.5 Å². The second-order valence-corrected chi connectivity index (χ2v) is 4.12. The highest BCUT2D eigenvalue weighted by Gasteiger charge is 2.25. The first-order chi connectivity index (χ1) is 7.49. The summed E-state index contributed by atoms with van der Waals surface area (Å²) in [6.45, 7) is 3.66. The number of ether oxygens (including phenoxy) is 1. The predicted molar refractivity (Wildman–Crippen MR) is 60.7 cm³/mol. The maximum atomic E-state index is 13.6. The lowest BCUT2D eigenvalue weighted by molar-refractivity contribution is 0.0955. The molecule has 3 N–H and O–H groups in total. The van der Waals surface area contributed by atoms with E-state index < -0.39 is 18.0 Å². The van der Waals surface area contributed by atoms with Crippen LogP contribution in [0, 0.1) is 11.7 Å². The van der Waals surface area contributed by atoms with Crippen LogP contribution in [0.15, 0.2) is 18.2 Å². The molecule has 0 amide bonds. The highest BCUT2D eigenvalue weighted by Crippen LogP contribution is 2.30. The number of aliphatic hydroxyl groups excluding tert-OH is 1. The number of hydrogen-bond donors (Lipinski definition) is 2. The van der Waals surface area contributed by atoms with Crippen LogP contribution in [0.4, 0.5) is 4.39 Å². The van der Waals surface area contributed by atoms with Crippen molar-refractivity contribution < 1.29 is 14.2 Å². The summed E-state index contributed by atoms with van der Waals surface area (Å²) in [6, 6.07) is 3.71. The van der Waals surface area contributed by atoms with Crippen molar-refractivity contribution in [3.8, 4) is 5.75 Å². The highest BCUT2D eigenvalue weighted by atomic mass is 19.1. The van der Waals surface area contributed by atoms with Gasteiger partial charge in [0, 0.05) is 5.56 Å². The molecular weight excluding hydrogens is 209 g/mol. The van der Waals surface area contributed by atoms with E-state index in [2.05, 4.69) is 0 Å². The Labute approximate surface area is 95.0 Å². The van der Waals surface area contributed by atoms with Crippen LogP contribution in [-0.2, 0) is 0 Å². The molecule has 0 bridgehead atoms. The van der Waals surface area contributed by atoms with Crippen molar-refractivity contribution >= 4 is 0 Å². The van der Waals surface area contributed by atoms with Crippen molar-refractivity contribution in [1.29, 1.82) is 0 Å². The molecule has 0 unspecified atom stereocenters. The minimum atomic E-state index is -0.800. The summed E-state index contributed by atoms with van der Waals surface area (Å²) < 4.78 is 18.7. The lowest BCUT2D eigenvalue weighted by atomic mass is 9.93. The molecule has 1 aromatic carbocycles. The third-order valence-corrected chi connectivity index (χ3v) is 2.62. The Morgan fingerprint density at radius 1 is 1.38 bits per heavy atom. The molecule has 90 valence electrons. The Bertz CT molecular complexity index is 355. The summed E-state index contributed by atoms with van der Waals surface area (Å²) in [7, 11) is 1.45. The molecule has 0 saturated carbocycles. The lowest BCUT2D eigenvalue weighted by Gasteiger charge is -2.24. The fraction of sp³-hybridized carbons (Fsp3) is 0.500. The molecule has 0 aliphatic heterocycles. The molecule has 4 heteroatoms. The van der Waals surface area contributed by atoms with E-state index in [0.29, 0.717) is 5.75 Å². The summed E-state index contributed by atoms with van der Waals surface area (Å²) in [5.74, 6) is -0.127. The highest BCUT2D eigenvalue weighted by molar-refractivity contribution is 5.37. The maximum absolute atomic E-state index is 13.6. The second kappa shape index (κ2) is 5.27. The van der Waals surface area contributed by atoms with Crippen molar-refractivity contribution in [2.75, 3.05) is 7.11 Å². The first-order valence-corrected chi connectivity index (χ1v) is 5.25. The SMILES string of the molecule is COc1cccc(F)c1[C@@H](N)[C@@H](O)C(C)C. The maximum Gasteiger partial charge on any atom is 0.131 e. The molecule has 2 atom stereocenters. The summed E-state index contributed by atoms with van der Waals surface area (Å²) >= 11 is 0. The Hall–Kier alpha value is -1.13. The van der Waals surface area contributed by atoms with Gasteiger partial charge in [-0.05, 0) is 18.1 Å². The summed E-state index contributed by atoms with van der Waals surface area (Å²) in [5, 5.41) is 9.85. The van der Waals surface area contributed by atoms with Gasteiger partial charge < -0.3 is 15.6 Å². The first-order valence-electron chi connectivity index (χ1n) is 5.25. The van der Waals surface area contributed by atoms with Gasteiger partial charge in [-0.3, -0.25) is 0 Å². The number of rotatable bonds is 4. The number of aliphatic hydroxyl groups is 1. The molecule has 0 fully saturated rings. The van der Waals surface area contributed by atoms with Crippen molar-refractivity contribution in [1.82, 2.24) is 0 Å². The second-order valence-electron chi connectivity index (χ2n) is 4.12. The monoisotopic (exact) mass is 227 g/mol. The fourth-order valence-electron chi connectivity index (χ4n) is 1.60. The van der Waals surface area contributed by atoms with Gasteiger partial charge in [0.25, 0.3) is 0 Å². The molecule has 0 aliphatic rings. The third-order valence-electron chi connectivity index (χ3n) is 2.62. The summed E-state index contributed by atoms with van der Waals surface area (Å²) in [4.78, 5) is 0. The molecule has 0 aromatic heterocycles. The fourth-order valence-corrected chi connectivity index (χ4v) is 1.60. The Balaban J connectivity index is 3.11. The van der Waals surface area contributed by atoms with E-state index in [1.807, 2.05) is 13.8 Å². The molecule has 0 spiro atoms. The van der Waals surface area contributed by atoms with Crippen LogP contribution in [0.25, 0.3) is 0 Å². The zero-order valence-electron chi connectivity index (χ0n) is 9.77. The van der Waals surface area contributed by atoms with Crippen molar-refractivity contribution in [3.05, 3.63) is 29.6 Å². The van der Waals surface area contributed by atoms with Crippen molar-refractivity contribution in [3.63, 3.8) is 0 Å². The topological polar surface area (TPSA) is 55.5 Å². The van der Waals surface area contributed by atoms with Crippen LogP contribution >= 0.6 is 0 Å². The Morgan fingerprint density at radius 2 is 2.00 bits per heavy atom. The minimum Gasteiger partial charge on any atom is -0.496 e. The number of methoxy groups -OCH3 is 1. The minimum absolute atomic E-state index is 0.0423. The average molecular weight is 227 g/mol. The molecule has 1 rings (SSSR count). The largest absolute Gasteiger partial charge is 0.496 e. The van der Waals surface area contributed by atoms with Gasteiger partial charge >= 0.3 is 0 Å². The van der Waals surface area contributed by atoms with Gasteiger partial charge in [-0.1, -0.05) is 19.9 Å². The first kappa shape index (κ1) is 12.9. The molecular formula is C12H18FNO2. The van der Waals surface area contributed by atoms with Gasteiger partial charge in [0.15, 0.2) is 0 Å². The van der Waals surface area contributed by atoms with Crippen LogP contribution < -0.4 is 10.5 Å². The lowest BCUT2D eigenvalue weighted by Crippen LogP contribution is -2.31. The van der Waals surface area contributed by atoms with E-state index in [9.17, 15) is 9.50 Å². The number of nitrogens with two attached hydrogens (primary N) is 1. The van der Waals surface area contributed by atoms with Gasteiger partial charge in [-0.2, -0.15) is 0 Å². The zero-order chi connectivity index (χ0) is 12.3. The smallest absolute Gasteiger partial charge is 0.131 e. The van der Waals surface area contributed by atoms with E-state index in [-0.39, 0.29) is 11.5 Å². The molecule has 1 aromatic rings. The number of hydrogen-bond acceptors (Lipinski definition) is 3. The van der Waals surface area contributed by atoms with E-state index in [0.717, 1.165) is 0 Å².